The molecular formula is C19H29N5O. The highest BCUT2D eigenvalue weighted by molar-refractivity contribution is 5.80. The van der Waals surface area contributed by atoms with Crippen molar-refractivity contribution in [1.29, 1.82) is 0 Å². The Kier molecular flexibility index (Phi) is 6.20. The molecule has 6 nitrogen and oxygen atoms in total. The van der Waals surface area contributed by atoms with Crippen molar-refractivity contribution >= 4 is 23.0 Å². The number of nitrogens with two attached hydrogens (primary N) is 1. The normalized spacial score (nSPS) is 10.8. The molecule has 1 aromatic heterocycles. The van der Waals surface area contributed by atoms with Gasteiger partial charge in [-0.05, 0) is 45.7 Å². The molecule has 6 heteroatoms. The van der Waals surface area contributed by atoms with E-state index in [1.807, 2.05) is 6.92 Å². The number of hydrogen-bond acceptors (Lipinski definition) is 6. The molecule has 0 radical (unpaired) electrons. The second kappa shape index (κ2) is 8.16. The molecule has 0 saturated carbocycles. The van der Waals surface area contributed by atoms with Gasteiger partial charge in [0.25, 0.3) is 0 Å². The van der Waals surface area contributed by atoms with Crippen molar-refractivity contribution in [2.75, 3.05) is 42.8 Å². The zero-order chi connectivity index (χ0) is 18.6. The minimum Gasteiger partial charge on any atom is -0.393 e. The molecule has 0 amide bonds. The molecule has 1 heterocycles. The number of nitrogen functional groups attached to an aromatic ring is 1. The molecule has 0 aliphatic rings. The van der Waals surface area contributed by atoms with Crippen molar-refractivity contribution in [3.05, 3.63) is 34.6 Å². The van der Waals surface area contributed by atoms with E-state index in [4.69, 9.17) is 10.5 Å². The van der Waals surface area contributed by atoms with Crippen molar-refractivity contribution in [3.8, 4) is 0 Å². The highest BCUT2D eigenvalue weighted by atomic mass is 16.5. The van der Waals surface area contributed by atoms with Crippen LogP contribution in [0, 0.1) is 27.7 Å². The number of aromatic nitrogens is 2. The number of rotatable bonds is 7. The molecule has 2 rings (SSSR count). The second-order valence-corrected chi connectivity index (χ2v) is 6.33. The maximum atomic E-state index is 6.41. The van der Waals surface area contributed by atoms with Crippen LogP contribution < -0.4 is 16.0 Å². The van der Waals surface area contributed by atoms with Gasteiger partial charge >= 0.3 is 0 Å². The minimum atomic E-state index is 0.558. The molecule has 0 atom stereocenters. The van der Waals surface area contributed by atoms with Crippen molar-refractivity contribution in [2.24, 2.45) is 0 Å². The van der Waals surface area contributed by atoms with Gasteiger partial charge in [0.2, 0.25) is 0 Å². The molecule has 3 N–H and O–H groups in total. The third-order valence-corrected chi connectivity index (χ3v) is 4.20. The summed E-state index contributed by atoms with van der Waals surface area (Å²) in [5.74, 6) is 2.08. The summed E-state index contributed by atoms with van der Waals surface area (Å²) in [5.41, 5.74) is 11.6. The lowest BCUT2D eigenvalue weighted by Crippen LogP contribution is -2.29. The van der Waals surface area contributed by atoms with Crippen LogP contribution in [0.1, 0.15) is 29.4 Å². The maximum absolute atomic E-state index is 6.41. The number of hydrogen-bond donors (Lipinski definition) is 2. The number of methoxy groups -OCH3 is 1. The summed E-state index contributed by atoms with van der Waals surface area (Å²) in [7, 11) is 1.69. The molecule has 25 heavy (non-hydrogen) atoms. The van der Waals surface area contributed by atoms with Crippen LogP contribution in [0.2, 0.25) is 0 Å². The van der Waals surface area contributed by atoms with Crippen LogP contribution in [0.4, 0.5) is 23.0 Å². The van der Waals surface area contributed by atoms with E-state index >= 15 is 0 Å². The third-order valence-electron chi connectivity index (χ3n) is 4.20. The first-order valence-corrected chi connectivity index (χ1v) is 8.60. The fourth-order valence-corrected chi connectivity index (χ4v) is 3.01. The Morgan fingerprint density at radius 1 is 1.12 bits per heavy atom. The van der Waals surface area contributed by atoms with Crippen LogP contribution in [0.3, 0.4) is 0 Å². The summed E-state index contributed by atoms with van der Waals surface area (Å²) in [5, 5.41) is 3.42. The minimum absolute atomic E-state index is 0.558. The monoisotopic (exact) mass is 343 g/mol. The highest BCUT2D eigenvalue weighted by Gasteiger charge is 2.17. The molecule has 1 aromatic carbocycles. The van der Waals surface area contributed by atoms with Crippen molar-refractivity contribution in [3.63, 3.8) is 0 Å². The first kappa shape index (κ1) is 19.0. The van der Waals surface area contributed by atoms with E-state index in [0.29, 0.717) is 23.9 Å². The van der Waals surface area contributed by atoms with Gasteiger partial charge in [-0.15, -0.1) is 0 Å². The molecular weight excluding hydrogens is 314 g/mol. The predicted octanol–water partition coefficient (Wildman–Crippen LogP) is 3.51. The molecule has 0 fully saturated rings. The summed E-state index contributed by atoms with van der Waals surface area (Å²) < 4.78 is 5.19. The number of nitrogens with one attached hydrogen (secondary N) is 1. The number of nitrogens with zero attached hydrogens (tertiary/aromatic N) is 3. The van der Waals surface area contributed by atoms with Crippen LogP contribution in [0.25, 0.3) is 0 Å². The average Bonchev–Trinajstić information content (AvgIpc) is 2.55. The van der Waals surface area contributed by atoms with Gasteiger partial charge < -0.3 is 20.7 Å². The van der Waals surface area contributed by atoms with Gasteiger partial charge in [0.1, 0.15) is 11.5 Å². The number of ether oxygens (including phenoxy) is 1. The molecule has 2 aromatic rings. The summed E-state index contributed by atoms with van der Waals surface area (Å²) in [4.78, 5) is 11.2. The summed E-state index contributed by atoms with van der Waals surface area (Å²) in [6, 6.07) is 4.30. The molecule has 0 saturated heterocycles. The quantitative estimate of drug-likeness (QED) is 0.801. The van der Waals surface area contributed by atoms with Gasteiger partial charge in [-0.1, -0.05) is 17.7 Å². The predicted molar refractivity (Wildman–Crippen MR) is 105 cm³/mol. The van der Waals surface area contributed by atoms with Gasteiger partial charge in [0.05, 0.1) is 6.61 Å². The van der Waals surface area contributed by atoms with E-state index in [9.17, 15) is 0 Å². The zero-order valence-electron chi connectivity index (χ0n) is 16.1. The first-order chi connectivity index (χ1) is 11.9. The zero-order valence-corrected chi connectivity index (χ0v) is 16.1. The molecule has 0 spiro atoms. The summed E-state index contributed by atoms with van der Waals surface area (Å²) >= 11 is 0. The van der Waals surface area contributed by atoms with Crippen molar-refractivity contribution in [2.45, 2.75) is 34.6 Å². The van der Waals surface area contributed by atoms with E-state index in [-0.39, 0.29) is 0 Å². The van der Waals surface area contributed by atoms with Crippen molar-refractivity contribution in [1.82, 2.24) is 9.97 Å². The van der Waals surface area contributed by atoms with Crippen LogP contribution in [0.5, 0.6) is 0 Å². The Labute approximate surface area is 150 Å². The summed E-state index contributed by atoms with van der Waals surface area (Å²) in [6.07, 6.45) is 0. The highest BCUT2D eigenvalue weighted by Crippen LogP contribution is 2.32. The third kappa shape index (κ3) is 4.39. The van der Waals surface area contributed by atoms with E-state index < -0.39 is 0 Å². The van der Waals surface area contributed by atoms with Crippen molar-refractivity contribution < 1.29 is 4.74 Å². The Morgan fingerprint density at radius 3 is 2.32 bits per heavy atom. The fourth-order valence-electron chi connectivity index (χ4n) is 3.01. The average molecular weight is 343 g/mol. The Bertz CT molecular complexity index is 722. The van der Waals surface area contributed by atoms with E-state index in [1.54, 1.807) is 7.11 Å². The van der Waals surface area contributed by atoms with E-state index in [1.165, 1.54) is 16.7 Å². The molecule has 0 unspecified atom stereocenters. The SMILES string of the molecule is CCN(CCOC)c1nc(C)nc(Nc2c(C)cc(C)cc2C)c1N. The lowest BCUT2D eigenvalue weighted by Gasteiger charge is -2.24. The summed E-state index contributed by atoms with van der Waals surface area (Å²) in [6.45, 7) is 12.4. The van der Waals surface area contributed by atoms with E-state index in [0.717, 1.165) is 24.6 Å². The number of benzene rings is 1. The fraction of sp³-hybridized carbons (Fsp3) is 0.474. The van der Waals surface area contributed by atoms with Crippen LogP contribution in [-0.4, -0.2) is 36.8 Å². The Balaban J connectivity index is 2.43. The van der Waals surface area contributed by atoms with Crippen LogP contribution in [0.15, 0.2) is 12.1 Å². The van der Waals surface area contributed by atoms with Crippen LogP contribution in [-0.2, 0) is 4.74 Å². The van der Waals surface area contributed by atoms with Gasteiger partial charge in [0, 0.05) is 25.9 Å². The second-order valence-electron chi connectivity index (χ2n) is 6.33. The van der Waals surface area contributed by atoms with Gasteiger partial charge in [-0.2, -0.15) is 0 Å². The maximum Gasteiger partial charge on any atom is 0.159 e. The van der Waals surface area contributed by atoms with E-state index in [2.05, 4.69) is 60.0 Å². The molecule has 0 bridgehead atoms. The van der Waals surface area contributed by atoms with Gasteiger partial charge in [-0.25, -0.2) is 9.97 Å². The topological polar surface area (TPSA) is 76.3 Å². The first-order valence-electron chi connectivity index (χ1n) is 8.60. The Hall–Kier alpha value is -2.34. The number of anilines is 4. The number of likely N-dealkylation sites (N-methyl/N-ethyl adjacent to an activating group) is 1. The van der Waals surface area contributed by atoms with Gasteiger partial charge in [-0.3, -0.25) is 0 Å². The molecule has 0 aliphatic heterocycles. The van der Waals surface area contributed by atoms with Gasteiger partial charge in [0.15, 0.2) is 11.6 Å². The van der Waals surface area contributed by atoms with Crippen LogP contribution >= 0.6 is 0 Å². The number of aryl methyl sites for hydroxylation is 4. The molecule has 0 aliphatic carbocycles. The smallest absolute Gasteiger partial charge is 0.159 e. The largest absolute Gasteiger partial charge is 0.393 e. The standard InChI is InChI=1S/C19H29N5O/c1-7-24(8-9-25-6)19-16(20)18(21-15(5)22-19)23-17-13(3)10-12(2)11-14(17)4/h10-11H,7-9,20H2,1-6H3,(H,21,22,23). The molecule has 136 valence electrons. The Morgan fingerprint density at radius 2 is 1.76 bits per heavy atom. The lowest BCUT2D eigenvalue weighted by atomic mass is 10.1. The lowest BCUT2D eigenvalue weighted by molar-refractivity contribution is 0.205.